The Bertz CT molecular complexity index is 3890. The quantitative estimate of drug-likeness (QED) is 0.119. The number of hydrogen-bond acceptors (Lipinski definition) is 3. The van der Waals surface area contributed by atoms with Gasteiger partial charge < -0.3 is 0 Å². The van der Waals surface area contributed by atoms with E-state index < -0.39 is 0 Å². The van der Waals surface area contributed by atoms with E-state index in [1.54, 1.807) is 0 Å². The molecule has 0 saturated heterocycles. The van der Waals surface area contributed by atoms with Crippen molar-refractivity contribution in [2.24, 2.45) is 0 Å². The number of benzene rings is 11. The molecule has 11 aromatic carbocycles. The molecule has 0 saturated carbocycles. The van der Waals surface area contributed by atoms with Gasteiger partial charge in [-0.2, -0.15) is 0 Å². The Hall–Kier alpha value is -9.04. The van der Waals surface area contributed by atoms with Crippen molar-refractivity contribution in [3.05, 3.63) is 242 Å². The summed E-state index contributed by atoms with van der Waals surface area (Å²) < 4.78 is 0. The number of aromatic nitrogens is 3. The molecule has 0 aliphatic heterocycles. The van der Waals surface area contributed by atoms with E-state index in [-0.39, 0.29) is 0 Å². The molecule has 12 aromatic rings. The number of nitrogens with zero attached hydrogens (tertiary/aromatic N) is 4. The lowest BCUT2D eigenvalue weighted by Crippen LogP contribution is -2.00. The molecule has 0 bridgehead atoms. The molecule has 4 heteroatoms. The molecule has 0 atom stereocenters. The average molecular weight is 839 g/mol. The third-order valence-corrected chi connectivity index (χ3v) is 12.8. The first-order valence-electron chi connectivity index (χ1n) is 22.1. The third kappa shape index (κ3) is 6.93. The average Bonchev–Trinajstić information content (AvgIpc) is 3.40. The minimum atomic E-state index is 0.606. The summed E-state index contributed by atoms with van der Waals surface area (Å²) in [7, 11) is 0. The van der Waals surface area contributed by atoms with Gasteiger partial charge in [0.15, 0.2) is 23.2 Å². The van der Waals surface area contributed by atoms with Crippen LogP contribution in [-0.4, -0.2) is 15.0 Å². The highest BCUT2D eigenvalue weighted by atomic mass is 15.0. The molecule has 0 aliphatic rings. The zero-order valence-electron chi connectivity index (χ0n) is 35.7. The van der Waals surface area contributed by atoms with Crippen molar-refractivity contribution in [2.45, 2.75) is 0 Å². The van der Waals surface area contributed by atoms with Crippen LogP contribution in [0, 0.1) is 6.57 Å². The second-order valence-electron chi connectivity index (χ2n) is 16.6. The van der Waals surface area contributed by atoms with Gasteiger partial charge in [0.25, 0.3) is 0 Å². The molecule has 0 fully saturated rings. The number of hydrogen-bond donors (Lipinski definition) is 0. The summed E-state index contributed by atoms with van der Waals surface area (Å²) in [6.45, 7) is 8.32. The zero-order valence-corrected chi connectivity index (χ0v) is 35.7. The normalized spacial score (nSPS) is 11.3. The van der Waals surface area contributed by atoms with E-state index in [2.05, 4.69) is 199 Å². The molecule has 0 unspecified atom stereocenters. The fourth-order valence-electron chi connectivity index (χ4n) is 9.45. The Morgan fingerprint density at radius 3 is 1.47 bits per heavy atom. The van der Waals surface area contributed by atoms with Crippen LogP contribution in [0.1, 0.15) is 0 Å². The summed E-state index contributed by atoms with van der Waals surface area (Å²) in [5, 5.41) is 9.57. The van der Waals surface area contributed by atoms with E-state index in [1.165, 1.54) is 32.3 Å². The van der Waals surface area contributed by atoms with E-state index in [0.717, 1.165) is 72.0 Å². The lowest BCUT2D eigenvalue weighted by molar-refractivity contribution is 1.08. The van der Waals surface area contributed by atoms with Crippen LogP contribution in [-0.2, 0) is 0 Å². The monoisotopic (exact) mass is 838 g/mol. The maximum atomic E-state index is 8.32. The van der Waals surface area contributed by atoms with Gasteiger partial charge in [0.2, 0.25) is 0 Å². The lowest BCUT2D eigenvalue weighted by Gasteiger charge is -2.14. The fourth-order valence-corrected chi connectivity index (χ4v) is 9.45. The Labute approximate surface area is 382 Å². The van der Waals surface area contributed by atoms with Crippen molar-refractivity contribution in [3.63, 3.8) is 0 Å². The second kappa shape index (κ2) is 16.3. The van der Waals surface area contributed by atoms with E-state index in [4.69, 9.17) is 21.5 Å². The molecule has 0 aliphatic carbocycles. The van der Waals surface area contributed by atoms with Gasteiger partial charge in [-0.15, -0.1) is 0 Å². The molecule has 1 heterocycles. The summed E-state index contributed by atoms with van der Waals surface area (Å²) in [5.74, 6) is 1.86. The Morgan fingerprint density at radius 2 is 0.727 bits per heavy atom. The van der Waals surface area contributed by atoms with Crippen LogP contribution in [0.5, 0.6) is 0 Å². The van der Waals surface area contributed by atoms with Crippen LogP contribution >= 0.6 is 0 Å². The standard InChI is InChI=1S/C62H38N4/c1-63-59-39-49(53-22-10-9-21-52(53)48-32-29-43-28-27-41-13-6-8-20-51(41)58(43)38-48)34-35-54(59)47-18-11-17-46(37-47)40-25-30-45(31-26-40)61-64-60(44-15-3-2-4-16-44)65-62(66-61)57-24-12-23-55-50-19-7-5-14-42(50)33-36-56(55)57/h2-39H. The largest absolute Gasteiger partial charge is 0.237 e. The van der Waals surface area contributed by atoms with Gasteiger partial charge in [-0.25, -0.2) is 19.8 Å². The lowest BCUT2D eigenvalue weighted by atomic mass is 9.90. The first-order chi connectivity index (χ1) is 32.6. The molecule has 0 amide bonds. The van der Waals surface area contributed by atoms with Crippen LogP contribution in [0.4, 0.5) is 5.69 Å². The van der Waals surface area contributed by atoms with Crippen LogP contribution in [0.25, 0.3) is 127 Å². The minimum absolute atomic E-state index is 0.606. The molecule has 1 aromatic heterocycles. The highest BCUT2D eigenvalue weighted by Crippen LogP contribution is 2.41. The van der Waals surface area contributed by atoms with Crippen LogP contribution in [0.15, 0.2) is 231 Å². The molecular weight excluding hydrogens is 801 g/mol. The third-order valence-electron chi connectivity index (χ3n) is 12.8. The molecule has 66 heavy (non-hydrogen) atoms. The highest BCUT2D eigenvalue weighted by molar-refractivity contribution is 6.12. The van der Waals surface area contributed by atoms with Gasteiger partial charge in [0.05, 0.1) is 6.57 Å². The van der Waals surface area contributed by atoms with Gasteiger partial charge >= 0.3 is 0 Å². The highest BCUT2D eigenvalue weighted by Gasteiger charge is 2.17. The van der Waals surface area contributed by atoms with Crippen molar-refractivity contribution in [1.82, 2.24) is 15.0 Å². The van der Waals surface area contributed by atoms with E-state index >= 15 is 0 Å². The smallest absolute Gasteiger partial charge is 0.195 e. The first kappa shape index (κ1) is 38.6. The molecule has 12 rings (SSSR count). The molecule has 0 spiro atoms. The molecular formula is C62H38N4. The SMILES string of the molecule is [C-]#[N+]c1cc(-c2ccccc2-c2ccc3ccc4ccccc4c3c2)ccc1-c1cccc(-c2ccc(-c3nc(-c4ccccc4)nc(-c4cccc5c4ccc4ccccc45)n3)cc2)c1. The molecule has 4 nitrogen and oxygen atoms in total. The second-order valence-corrected chi connectivity index (χ2v) is 16.6. The van der Waals surface area contributed by atoms with Crippen LogP contribution < -0.4 is 0 Å². The molecule has 0 radical (unpaired) electrons. The van der Waals surface area contributed by atoms with Crippen LogP contribution in [0.3, 0.4) is 0 Å². The van der Waals surface area contributed by atoms with Crippen molar-refractivity contribution in [1.29, 1.82) is 0 Å². The maximum absolute atomic E-state index is 8.32. The topological polar surface area (TPSA) is 43.0 Å². The van der Waals surface area contributed by atoms with Crippen molar-refractivity contribution in [3.8, 4) is 78.7 Å². The van der Waals surface area contributed by atoms with Gasteiger partial charge in [0.1, 0.15) is 0 Å². The first-order valence-corrected chi connectivity index (χ1v) is 22.1. The summed E-state index contributed by atoms with van der Waals surface area (Å²) in [6.07, 6.45) is 0. The Morgan fingerprint density at radius 1 is 0.258 bits per heavy atom. The van der Waals surface area contributed by atoms with E-state index in [0.29, 0.717) is 23.2 Å². The Kier molecular flexibility index (Phi) is 9.51. The van der Waals surface area contributed by atoms with Crippen molar-refractivity contribution in [2.75, 3.05) is 0 Å². The van der Waals surface area contributed by atoms with Gasteiger partial charge in [-0.3, -0.25) is 0 Å². The fraction of sp³-hybridized carbons (Fsp3) is 0. The zero-order chi connectivity index (χ0) is 44.0. The summed E-state index contributed by atoms with van der Waals surface area (Å²) in [5.41, 5.74) is 11.8. The predicted octanol–water partition coefficient (Wildman–Crippen LogP) is 16.7. The number of rotatable bonds is 7. The van der Waals surface area contributed by atoms with E-state index in [1.807, 2.05) is 36.4 Å². The van der Waals surface area contributed by atoms with Gasteiger partial charge in [-0.1, -0.05) is 212 Å². The number of fused-ring (bicyclic) bond motifs is 6. The summed E-state index contributed by atoms with van der Waals surface area (Å²) >= 11 is 0. The molecule has 0 N–H and O–H groups in total. The van der Waals surface area contributed by atoms with Crippen molar-refractivity contribution >= 4 is 48.8 Å². The van der Waals surface area contributed by atoms with Gasteiger partial charge in [0, 0.05) is 16.7 Å². The Balaban J connectivity index is 0.876. The summed E-state index contributed by atoms with van der Waals surface area (Å²) in [4.78, 5) is 19.3. The maximum Gasteiger partial charge on any atom is 0.195 e. The summed E-state index contributed by atoms with van der Waals surface area (Å²) in [6, 6.07) is 80.5. The van der Waals surface area contributed by atoms with E-state index in [9.17, 15) is 0 Å². The van der Waals surface area contributed by atoms with Crippen LogP contribution in [0.2, 0.25) is 0 Å². The van der Waals surface area contributed by atoms with Gasteiger partial charge in [-0.05, 0) is 106 Å². The minimum Gasteiger partial charge on any atom is -0.237 e. The van der Waals surface area contributed by atoms with Crippen molar-refractivity contribution < 1.29 is 0 Å². The molecule has 306 valence electrons. The predicted molar refractivity (Wildman–Crippen MR) is 274 cm³/mol.